The maximum atomic E-state index is 13.9. The molecule has 2 aromatic carbocycles. The highest BCUT2D eigenvalue weighted by Crippen LogP contribution is 2.30. The number of thiophene rings is 1. The Morgan fingerprint density at radius 3 is 2.60 bits per heavy atom. The third kappa shape index (κ3) is 5.97. The molecule has 12 nitrogen and oxygen atoms in total. The number of hydrogen-bond acceptors (Lipinski definition) is 9. The van der Waals surface area contributed by atoms with Crippen molar-refractivity contribution in [2.24, 2.45) is 5.73 Å². The second-order valence-electron chi connectivity index (χ2n) is 10.3. The summed E-state index contributed by atoms with van der Waals surface area (Å²) in [6.07, 6.45) is 0.957. The van der Waals surface area contributed by atoms with Crippen LogP contribution in [0.1, 0.15) is 4.88 Å². The van der Waals surface area contributed by atoms with E-state index in [-0.39, 0.29) is 37.0 Å². The summed E-state index contributed by atoms with van der Waals surface area (Å²) in [5, 5.41) is 2.27. The first-order chi connectivity index (χ1) is 20.0. The Morgan fingerprint density at radius 2 is 1.90 bits per heavy atom. The zero-order valence-electron chi connectivity index (χ0n) is 23.5. The number of nitrogens with one attached hydrogen (secondary N) is 1. The molecule has 0 radical (unpaired) electrons. The van der Waals surface area contributed by atoms with E-state index in [0.717, 1.165) is 20.3 Å². The van der Waals surface area contributed by atoms with Crippen LogP contribution in [0.5, 0.6) is 5.75 Å². The number of anilines is 1. The number of aromatic nitrogens is 1. The second kappa shape index (κ2) is 11.7. The fourth-order valence-electron chi connectivity index (χ4n) is 4.99. The Hall–Kier alpha value is -3.98. The van der Waals surface area contributed by atoms with Crippen molar-refractivity contribution in [3.8, 4) is 5.75 Å². The number of benzene rings is 2. The van der Waals surface area contributed by atoms with Crippen LogP contribution < -0.4 is 20.9 Å². The lowest BCUT2D eigenvalue weighted by molar-refractivity contribution is -0.135. The molecule has 1 aliphatic heterocycles. The van der Waals surface area contributed by atoms with Gasteiger partial charge in [0, 0.05) is 54.8 Å². The predicted molar refractivity (Wildman–Crippen MR) is 163 cm³/mol. The number of hydrogen-bond donors (Lipinski definition) is 3. The molecule has 0 bridgehead atoms. The molecule has 14 heteroatoms. The average molecular weight is 612 g/mol. The molecule has 0 spiro atoms. The maximum absolute atomic E-state index is 13.9. The molecule has 2 unspecified atom stereocenters. The number of rotatable bonds is 7. The molecule has 222 valence electrons. The summed E-state index contributed by atoms with van der Waals surface area (Å²) < 4.78 is 36.2. The van der Waals surface area contributed by atoms with Gasteiger partial charge in [-0.3, -0.25) is 4.79 Å². The number of urea groups is 1. The monoisotopic (exact) mass is 611 g/mol. The van der Waals surface area contributed by atoms with Crippen molar-refractivity contribution in [3.05, 3.63) is 59.6 Å². The molecule has 2 atom stereocenters. The Kier molecular flexibility index (Phi) is 8.23. The fraction of sp³-hybridized carbons (Fsp3) is 0.321. The van der Waals surface area contributed by atoms with E-state index in [2.05, 4.69) is 9.71 Å². The van der Waals surface area contributed by atoms with Crippen LogP contribution in [0.2, 0.25) is 0 Å². The minimum Gasteiger partial charge on any atom is -0.497 e. The molecule has 1 saturated heterocycles. The van der Waals surface area contributed by atoms with Crippen LogP contribution in [0.15, 0.2) is 59.6 Å². The Balaban J connectivity index is 1.45. The third-order valence-electron chi connectivity index (χ3n) is 7.22. The van der Waals surface area contributed by atoms with Crippen molar-refractivity contribution in [1.29, 1.82) is 0 Å². The van der Waals surface area contributed by atoms with E-state index in [1.807, 2.05) is 18.2 Å². The van der Waals surface area contributed by atoms with E-state index in [4.69, 9.17) is 16.2 Å². The average Bonchev–Trinajstić information content (AvgIpc) is 3.39. The summed E-state index contributed by atoms with van der Waals surface area (Å²) in [6.45, 7) is 0.500. The number of methoxy groups -OCH3 is 1. The lowest BCUT2D eigenvalue weighted by Gasteiger charge is -2.41. The minimum absolute atomic E-state index is 0.0175. The molecule has 42 heavy (non-hydrogen) atoms. The fourth-order valence-corrected chi connectivity index (χ4v) is 7.33. The van der Waals surface area contributed by atoms with Gasteiger partial charge in [-0.15, -0.1) is 11.3 Å². The van der Waals surface area contributed by atoms with Crippen molar-refractivity contribution < 1.29 is 22.7 Å². The zero-order chi connectivity index (χ0) is 30.2. The SMILES string of the molecule is COc1ccc2ccc(S(=O)(=O)NC(Cc3cc4c(N)nccc4s3)C(=O)N3CCN(C(=O)N(C)C)C(N)C3)cc2c1. The highest BCUT2D eigenvalue weighted by Gasteiger charge is 2.36. The molecule has 0 saturated carbocycles. The number of nitrogen functional groups attached to an aromatic ring is 1. The van der Waals surface area contributed by atoms with E-state index in [9.17, 15) is 18.0 Å². The van der Waals surface area contributed by atoms with Gasteiger partial charge < -0.3 is 30.9 Å². The minimum atomic E-state index is -4.13. The summed E-state index contributed by atoms with van der Waals surface area (Å²) in [4.78, 5) is 35.8. The Labute approximate surface area is 247 Å². The van der Waals surface area contributed by atoms with Crippen LogP contribution in [0.4, 0.5) is 10.6 Å². The summed E-state index contributed by atoms with van der Waals surface area (Å²) in [7, 11) is 0.671. The first-order valence-corrected chi connectivity index (χ1v) is 15.5. The van der Waals surface area contributed by atoms with Crippen LogP contribution in [0, 0.1) is 0 Å². The molecule has 2 aromatic heterocycles. The van der Waals surface area contributed by atoms with Gasteiger partial charge in [-0.2, -0.15) is 4.72 Å². The summed E-state index contributed by atoms with van der Waals surface area (Å²) in [6, 6.07) is 12.4. The van der Waals surface area contributed by atoms with Gasteiger partial charge in [-0.05, 0) is 47.2 Å². The van der Waals surface area contributed by atoms with E-state index in [1.54, 1.807) is 51.7 Å². The van der Waals surface area contributed by atoms with Crippen molar-refractivity contribution in [1.82, 2.24) is 24.4 Å². The molecule has 4 aromatic rings. The van der Waals surface area contributed by atoms with Crippen LogP contribution in [0.3, 0.4) is 0 Å². The maximum Gasteiger partial charge on any atom is 0.320 e. The molecule has 1 fully saturated rings. The number of sulfonamides is 1. The van der Waals surface area contributed by atoms with Crippen molar-refractivity contribution in [2.45, 2.75) is 23.5 Å². The number of carbonyl (C=O) groups excluding carboxylic acids is 2. The van der Waals surface area contributed by atoms with Crippen molar-refractivity contribution >= 4 is 60.0 Å². The second-order valence-corrected chi connectivity index (χ2v) is 13.2. The van der Waals surface area contributed by atoms with Crippen molar-refractivity contribution in [3.63, 3.8) is 0 Å². The third-order valence-corrected chi connectivity index (χ3v) is 9.81. The van der Waals surface area contributed by atoms with Crippen LogP contribution >= 0.6 is 11.3 Å². The van der Waals surface area contributed by atoms with Crippen LogP contribution in [-0.2, 0) is 21.2 Å². The van der Waals surface area contributed by atoms with Gasteiger partial charge in [-0.25, -0.2) is 18.2 Å². The van der Waals surface area contributed by atoms with Gasteiger partial charge in [0.1, 0.15) is 17.6 Å². The van der Waals surface area contributed by atoms with Gasteiger partial charge in [0.2, 0.25) is 15.9 Å². The lowest BCUT2D eigenvalue weighted by atomic mass is 10.1. The molecule has 5 rings (SSSR count). The quantitative estimate of drug-likeness (QED) is 0.286. The molecular weight excluding hydrogens is 578 g/mol. The molecule has 0 aliphatic carbocycles. The lowest BCUT2D eigenvalue weighted by Crippen LogP contribution is -2.63. The predicted octanol–water partition coefficient (Wildman–Crippen LogP) is 2.04. The highest BCUT2D eigenvalue weighted by atomic mass is 32.2. The van der Waals surface area contributed by atoms with Crippen LogP contribution in [0.25, 0.3) is 20.9 Å². The van der Waals surface area contributed by atoms with Gasteiger partial charge >= 0.3 is 6.03 Å². The number of amides is 3. The van der Waals surface area contributed by atoms with E-state index >= 15 is 0 Å². The van der Waals surface area contributed by atoms with E-state index < -0.39 is 28.1 Å². The topological polar surface area (TPSA) is 164 Å². The molecule has 5 N–H and O–H groups in total. The smallest absolute Gasteiger partial charge is 0.320 e. The van der Waals surface area contributed by atoms with E-state index in [1.165, 1.54) is 32.1 Å². The normalized spacial score (nSPS) is 16.5. The number of ether oxygens (including phenoxy) is 1. The molecule has 3 heterocycles. The number of carbonyl (C=O) groups is 2. The number of fused-ring (bicyclic) bond motifs is 2. The van der Waals surface area contributed by atoms with E-state index in [0.29, 0.717) is 17.0 Å². The van der Waals surface area contributed by atoms with Gasteiger partial charge in [-0.1, -0.05) is 12.1 Å². The number of nitrogens with two attached hydrogens (primary N) is 2. The summed E-state index contributed by atoms with van der Waals surface area (Å²) >= 11 is 1.42. The zero-order valence-corrected chi connectivity index (χ0v) is 25.1. The summed E-state index contributed by atoms with van der Waals surface area (Å²) in [5.74, 6) is 0.523. The van der Waals surface area contributed by atoms with Crippen molar-refractivity contribution in [2.75, 3.05) is 46.6 Å². The standard InChI is InChI=1S/C28H33N7O5S2/c1-33(2)28(37)35-11-10-34(16-25(35)29)27(36)23(15-20-14-22-24(41-20)8-9-31-26(22)30)32-42(38,39)21-7-5-17-4-6-19(40-3)12-18(17)13-21/h4-9,12-14,23,25,32H,10-11,15-16,29H2,1-3H3,(H2,30,31). The van der Waals surface area contributed by atoms with Gasteiger partial charge in [0.15, 0.2) is 0 Å². The molecule has 3 amide bonds. The number of nitrogens with zero attached hydrogens (tertiary/aromatic N) is 4. The van der Waals surface area contributed by atoms with Gasteiger partial charge in [0.25, 0.3) is 0 Å². The highest BCUT2D eigenvalue weighted by molar-refractivity contribution is 7.89. The van der Waals surface area contributed by atoms with Gasteiger partial charge in [0.05, 0.1) is 24.7 Å². The molecular formula is C28H33N7O5S2. The Bertz CT molecular complexity index is 1760. The first-order valence-electron chi connectivity index (χ1n) is 13.2. The Morgan fingerprint density at radius 1 is 1.14 bits per heavy atom. The van der Waals surface area contributed by atoms with Crippen LogP contribution in [-0.4, -0.2) is 93.1 Å². The number of pyridine rings is 1. The largest absolute Gasteiger partial charge is 0.497 e. The summed E-state index contributed by atoms with van der Waals surface area (Å²) in [5.41, 5.74) is 12.3. The molecule has 1 aliphatic rings. The number of piperazine rings is 1. The first kappa shape index (κ1) is 29.5.